The lowest BCUT2D eigenvalue weighted by Crippen LogP contribution is -2.35. The molecule has 3 rings (SSSR count). The average molecular weight is 324 g/mol. The number of hydrogen-bond acceptors (Lipinski definition) is 5. The molecule has 0 aromatic carbocycles. The molecular formula is C16H24N2O3S. The maximum atomic E-state index is 12.4. The van der Waals surface area contributed by atoms with Crippen LogP contribution in [0.4, 0.5) is 0 Å². The minimum atomic E-state index is 0.0434. The van der Waals surface area contributed by atoms with Gasteiger partial charge in [0.25, 0.3) is 0 Å². The van der Waals surface area contributed by atoms with E-state index in [-0.39, 0.29) is 24.7 Å². The van der Waals surface area contributed by atoms with Crippen molar-refractivity contribution in [3.8, 4) is 0 Å². The van der Waals surface area contributed by atoms with E-state index in [1.165, 1.54) is 10.6 Å². The molecule has 2 atom stereocenters. The van der Waals surface area contributed by atoms with E-state index < -0.39 is 0 Å². The van der Waals surface area contributed by atoms with Gasteiger partial charge in [0.15, 0.2) is 0 Å². The van der Waals surface area contributed by atoms with Crippen LogP contribution in [-0.4, -0.2) is 48.8 Å². The average Bonchev–Trinajstić information content (AvgIpc) is 3.14. The molecule has 0 unspecified atom stereocenters. The summed E-state index contributed by atoms with van der Waals surface area (Å²) >= 11 is 1.72. The van der Waals surface area contributed by atoms with Crippen LogP contribution in [0.3, 0.4) is 0 Å². The summed E-state index contributed by atoms with van der Waals surface area (Å²) in [7, 11) is 1.88. The first-order valence-corrected chi connectivity index (χ1v) is 8.88. The number of aromatic nitrogens is 1. The highest BCUT2D eigenvalue weighted by Gasteiger charge is 2.29. The zero-order valence-corrected chi connectivity index (χ0v) is 14.2. The van der Waals surface area contributed by atoms with Gasteiger partial charge in [-0.1, -0.05) is 0 Å². The van der Waals surface area contributed by atoms with Crippen LogP contribution in [0.15, 0.2) is 0 Å². The normalized spacial score (nSPS) is 24.3. The number of thiazole rings is 1. The van der Waals surface area contributed by atoms with Gasteiger partial charge in [0.1, 0.15) is 6.61 Å². The highest BCUT2D eigenvalue weighted by molar-refractivity contribution is 7.11. The van der Waals surface area contributed by atoms with Gasteiger partial charge in [-0.15, -0.1) is 11.3 Å². The van der Waals surface area contributed by atoms with E-state index in [0.717, 1.165) is 43.7 Å². The minimum Gasteiger partial charge on any atom is -0.376 e. The van der Waals surface area contributed by atoms with Crippen molar-refractivity contribution >= 4 is 17.2 Å². The first kappa shape index (κ1) is 15.9. The summed E-state index contributed by atoms with van der Waals surface area (Å²) in [6, 6.07) is 0.161. The molecule has 22 heavy (non-hydrogen) atoms. The number of carbonyl (C=O) groups excluding carboxylic acids is 1. The molecule has 1 aromatic heterocycles. The van der Waals surface area contributed by atoms with Gasteiger partial charge in [0, 0.05) is 13.7 Å². The SMILES string of the molecule is Cc1nc2c(s1)[C@H](N(C)C(=O)COC[C@@H]1CCCO1)CCC2. The Morgan fingerprint density at radius 1 is 1.45 bits per heavy atom. The van der Waals surface area contributed by atoms with Crippen molar-refractivity contribution in [3.63, 3.8) is 0 Å². The first-order valence-electron chi connectivity index (χ1n) is 8.06. The summed E-state index contributed by atoms with van der Waals surface area (Å²) in [6.45, 7) is 3.51. The number of ether oxygens (including phenoxy) is 2. The summed E-state index contributed by atoms with van der Waals surface area (Å²) in [4.78, 5) is 20.1. The van der Waals surface area contributed by atoms with Crippen molar-refractivity contribution in [1.29, 1.82) is 0 Å². The number of nitrogens with zero attached hydrogens (tertiary/aromatic N) is 2. The third-order valence-corrected chi connectivity index (χ3v) is 5.56. The van der Waals surface area contributed by atoms with Crippen molar-refractivity contribution in [2.24, 2.45) is 0 Å². The van der Waals surface area contributed by atoms with E-state index in [2.05, 4.69) is 4.98 Å². The second kappa shape index (κ2) is 7.06. The molecule has 1 saturated heterocycles. The topological polar surface area (TPSA) is 51.7 Å². The van der Waals surface area contributed by atoms with Crippen LogP contribution < -0.4 is 0 Å². The van der Waals surface area contributed by atoms with Crippen molar-refractivity contribution < 1.29 is 14.3 Å². The predicted molar refractivity (Wildman–Crippen MR) is 85.1 cm³/mol. The number of carbonyl (C=O) groups is 1. The number of likely N-dealkylation sites (N-methyl/N-ethyl adjacent to an activating group) is 1. The molecule has 2 aliphatic rings. The van der Waals surface area contributed by atoms with Gasteiger partial charge < -0.3 is 14.4 Å². The molecular weight excluding hydrogens is 300 g/mol. The third-order valence-electron chi connectivity index (χ3n) is 4.44. The summed E-state index contributed by atoms with van der Waals surface area (Å²) in [5, 5.41) is 1.09. The minimum absolute atomic E-state index is 0.0434. The zero-order valence-electron chi connectivity index (χ0n) is 13.3. The second-order valence-corrected chi connectivity index (χ2v) is 7.34. The van der Waals surface area contributed by atoms with Crippen molar-refractivity contribution in [1.82, 2.24) is 9.88 Å². The molecule has 1 aliphatic heterocycles. The lowest BCUT2D eigenvalue weighted by molar-refractivity contribution is -0.138. The fraction of sp³-hybridized carbons (Fsp3) is 0.750. The van der Waals surface area contributed by atoms with E-state index in [9.17, 15) is 4.79 Å². The summed E-state index contributed by atoms with van der Waals surface area (Å²) in [5.74, 6) is 0.0434. The zero-order chi connectivity index (χ0) is 15.5. The van der Waals surface area contributed by atoms with Crippen LogP contribution in [-0.2, 0) is 20.7 Å². The van der Waals surface area contributed by atoms with Gasteiger partial charge >= 0.3 is 0 Å². The van der Waals surface area contributed by atoms with E-state index in [4.69, 9.17) is 9.47 Å². The number of fused-ring (bicyclic) bond motifs is 1. The maximum Gasteiger partial charge on any atom is 0.248 e. The van der Waals surface area contributed by atoms with Gasteiger partial charge in [-0.25, -0.2) is 4.98 Å². The van der Waals surface area contributed by atoms with E-state index in [1.54, 1.807) is 11.3 Å². The Labute approximate surface area is 135 Å². The van der Waals surface area contributed by atoms with Gasteiger partial charge in [-0.05, 0) is 39.0 Å². The van der Waals surface area contributed by atoms with E-state index >= 15 is 0 Å². The number of hydrogen-bond donors (Lipinski definition) is 0. The molecule has 6 heteroatoms. The van der Waals surface area contributed by atoms with Gasteiger partial charge in [0.2, 0.25) is 5.91 Å². The molecule has 1 amide bonds. The van der Waals surface area contributed by atoms with Crippen molar-refractivity contribution in [2.45, 2.75) is 51.2 Å². The molecule has 5 nitrogen and oxygen atoms in total. The Hall–Kier alpha value is -0.980. The maximum absolute atomic E-state index is 12.4. The molecule has 1 aliphatic carbocycles. The summed E-state index contributed by atoms with van der Waals surface area (Å²) < 4.78 is 11.1. The van der Waals surface area contributed by atoms with Crippen LogP contribution >= 0.6 is 11.3 Å². The smallest absolute Gasteiger partial charge is 0.248 e. The molecule has 2 heterocycles. The molecule has 0 radical (unpaired) electrons. The fourth-order valence-corrected chi connectivity index (χ4v) is 4.37. The Morgan fingerprint density at radius 3 is 3.09 bits per heavy atom. The largest absolute Gasteiger partial charge is 0.376 e. The van der Waals surface area contributed by atoms with Crippen LogP contribution in [0.25, 0.3) is 0 Å². The third kappa shape index (κ3) is 3.50. The second-order valence-electron chi connectivity index (χ2n) is 6.11. The van der Waals surface area contributed by atoms with Gasteiger partial charge in [-0.3, -0.25) is 4.79 Å². The molecule has 1 aromatic rings. The Bertz CT molecular complexity index is 525. The first-order chi connectivity index (χ1) is 10.6. The fourth-order valence-electron chi connectivity index (χ4n) is 3.22. The monoisotopic (exact) mass is 324 g/mol. The molecule has 0 bridgehead atoms. The molecule has 122 valence electrons. The van der Waals surface area contributed by atoms with E-state index in [1.807, 2.05) is 18.9 Å². The number of aryl methyl sites for hydroxylation is 2. The van der Waals surface area contributed by atoms with Crippen molar-refractivity contribution in [2.75, 3.05) is 26.9 Å². The van der Waals surface area contributed by atoms with Crippen molar-refractivity contribution in [3.05, 3.63) is 15.6 Å². The van der Waals surface area contributed by atoms with Crippen LogP contribution in [0, 0.1) is 6.92 Å². The Morgan fingerprint density at radius 2 is 2.32 bits per heavy atom. The lowest BCUT2D eigenvalue weighted by atomic mass is 9.97. The Kier molecular flexibility index (Phi) is 5.10. The summed E-state index contributed by atoms with van der Waals surface area (Å²) in [6.07, 6.45) is 5.45. The van der Waals surface area contributed by atoms with Crippen LogP contribution in [0.2, 0.25) is 0 Å². The van der Waals surface area contributed by atoms with Crippen LogP contribution in [0.5, 0.6) is 0 Å². The predicted octanol–water partition coefficient (Wildman–Crippen LogP) is 2.48. The molecule has 0 spiro atoms. The standard InChI is InChI=1S/C16H24N2O3S/c1-11-17-13-6-3-7-14(16(13)22-11)18(2)15(19)10-20-9-12-5-4-8-21-12/h12,14H,3-10H2,1-2H3/t12-,14+/m0/s1. The quantitative estimate of drug-likeness (QED) is 0.835. The highest BCUT2D eigenvalue weighted by atomic mass is 32.1. The molecule has 1 fully saturated rings. The van der Waals surface area contributed by atoms with Crippen LogP contribution in [0.1, 0.15) is 47.3 Å². The molecule has 0 N–H and O–H groups in total. The Balaban J connectivity index is 1.54. The lowest BCUT2D eigenvalue weighted by Gasteiger charge is -2.30. The molecule has 0 saturated carbocycles. The number of rotatable bonds is 5. The highest BCUT2D eigenvalue weighted by Crippen LogP contribution is 2.37. The van der Waals surface area contributed by atoms with Gasteiger partial charge in [-0.2, -0.15) is 0 Å². The van der Waals surface area contributed by atoms with E-state index in [0.29, 0.717) is 6.61 Å². The summed E-state index contributed by atoms with van der Waals surface area (Å²) in [5.41, 5.74) is 1.18. The van der Waals surface area contributed by atoms with Gasteiger partial charge in [0.05, 0.1) is 34.3 Å². The number of amides is 1.